The molecule has 32 heavy (non-hydrogen) atoms. The van der Waals surface area contributed by atoms with Crippen molar-refractivity contribution in [1.29, 1.82) is 0 Å². The van der Waals surface area contributed by atoms with Crippen LogP contribution in [-0.2, 0) is 6.54 Å². The predicted molar refractivity (Wildman–Crippen MR) is 122 cm³/mol. The lowest BCUT2D eigenvalue weighted by molar-refractivity contribution is 0.414. The summed E-state index contributed by atoms with van der Waals surface area (Å²) in [6, 6.07) is 22.3. The van der Waals surface area contributed by atoms with Crippen molar-refractivity contribution in [2.45, 2.75) is 6.54 Å². The number of aromatic amines is 1. The van der Waals surface area contributed by atoms with Crippen molar-refractivity contribution in [3.8, 4) is 22.7 Å². The van der Waals surface area contributed by atoms with E-state index < -0.39 is 0 Å². The van der Waals surface area contributed by atoms with Crippen molar-refractivity contribution in [2.24, 2.45) is 0 Å². The lowest BCUT2D eigenvalue weighted by Crippen LogP contribution is -2.04. The van der Waals surface area contributed by atoms with E-state index in [1.54, 1.807) is 13.3 Å². The molecule has 0 bridgehead atoms. The Kier molecular flexibility index (Phi) is 4.21. The van der Waals surface area contributed by atoms with E-state index in [1.807, 2.05) is 58.0 Å². The van der Waals surface area contributed by atoms with Crippen molar-refractivity contribution < 1.29 is 4.74 Å². The first kappa shape index (κ1) is 18.3. The maximum Gasteiger partial charge on any atom is 0.118 e. The molecule has 0 spiro atoms. The summed E-state index contributed by atoms with van der Waals surface area (Å²) in [5, 5.41) is 21.4. The van der Waals surface area contributed by atoms with Gasteiger partial charge in [0, 0.05) is 17.1 Å². The quantitative estimate of drug-likeness (QED) is 0.450. The van der Waals surface area contributed by atoms with E-state index in [9.17, 15) is 0 Å². The van der Waals surface area contributed by atoms with Gasteiger partial charge in [-0.25, -0.2) is 4.68 Å². The highest BCUT2D eigenvalue weighted by molar-refractivity contribution is 5.84. The summed E-state index contributed by atoms with van der Waals surface area (Å²) in [4.78, 5) is 0. The fourth-order valence-corrected chi connectivity index (χ4v) is 3.93. The summed E-state index contributed by atoms with van der Waals surface area (Å²) in [7, 11) is 1.67. The van der Waals surface area contributed by atoms with Gasteiger partial charge < -0.3 is 4.74 Å². The zero-order valence-corrected chi connectivity index (χ0v) is 17.3. The summed E-state index contributed by atoms with van der Waals surface area (Å²) < 4.78 is 9.10. The molecule has 3 heterocycles. The van der Waals surface area contributed by atoms with Gasteiger partial charge in [-0.05, 0) is 54.1 Å². The minimum Gasteiger partial charge on any atom is -0.497 e. The number of benzene rings is 3. The predicted octanol–water partition coefficient (Wildman–Crippen LogP) is 4.22. The monoisotopic (exact) mass is 421 g/mol. The van der Waals surface area contributed by atoms with E-state index in [4.69, 9.17) is 4.74 Å². The number of rotatable bonds is 5. The number of hydrogen-bond donors (Lipinski definition) is 1. The van der Waals surface area contributed by atoms with Crippen LogP contribution in [0.3, 0.4) is 0 Å². The number of fused-ring (bicyclic) bond motifs is 2. The third-order valence-electron chi connectivity index (χ3n) is 5.62. The van der Waals surface area contributed by atoms with Gasteiger partial charge in [0.05, 0.1) is 42.3 Å². The van der Waals surface area contributed by atoms with Gasteiger partial charge in [0.25, 0.3) is 0 Å². The topological polar surface area (TPSA) is 86.4 Å². The average molecular weight is 421 g/mol. The molecule has 6 rings (SSSR count). The van der Waals surface area contributed by atoms with Crippen LogP contribution in [0, 0.1) is 0 Å². The molecule has 156 valence electrons. The zero-order chi connectivity index (χ0) is 21.5. The molecule has 6 aromatic rings. The van der Waals surface area contributed by atoms with E-state index in [0.29, 0.717) is 6.54 Å². The van der Waals surface area contributed by atoms with E-state index in [2.05, 4.69) is 49.9 Å². The van der Waals surface area contributed by atoms with Crippen molar-refractivity contribution in [3.05, 3.63) is 84.7 Å². The molecule has 0 amide bonds. The Morgan fingerprint density at radius 3 is 2.75 bits per heavy atom. The third-order valence-corrected chi connectivity index (χ3v) is 5.62. The van der Waals surface area contributed by atoms with Gasteiger partial charge in [0.15, 0.2) is 0 Å². The molecule has 0 aliphatic carbocycles. The van der Waals surface area contributed by atoms with E-state index in [0.717, 1.165) is 50.2 Å². The molecule has 0 unspecified atom stereocenters. The van der Waals surface area contributed by atoms with Crippen LogP contribution in [0.15, 0.2) is 79.1 Å². The second-order valence-corrected chi connectivity index (χ2v) is 7.57. The molecule has 0 aliphatic rings. The van der Waals surface area contributed by atoms with Gasteiger partial charge in [0.1, 0.15) is 11.3 Å². The van der Waals surface area contributed by atoms with E-state index >= 15 is 0 Å². The highest BCUT2D eigenvalue weighted by Crippen LogP contribution is 2.26. The number of methoxy groups -OCH3 is 1. The second-order valence-electron chi connectivity index (χ2n) is 7.57. The fourth-order valence-electron chi connectivity index (χ4n) is 3.93. The maximum absolute atomic E-state index is 5.26. The highest BCUT2D eigenvalue weighted by atomic mass is 16.5. The number of ether oxygens (including phenoxy) is 1. The van der Waals surface area contributed by atoms with Crippen LogP contribution in [0.5, 0.6) is 5.75 Å². The zero-order valence-electron chi connectivity index (χ0n) is 17.3. The van der Waals surface area contributed by atoms with Crippen LogP contribution in [0.1, 0.15) is 5.56 Å². The van der Waals surface area contributed by atoms with Gasteiger partial charge in [-0.15, -0.1) is 5.10 Å². The number of nitrogens with zero attached hydrogens (tertiary/aromatic N) is 6. The maximum atomic E-state index is 5.26. The van der Waals surface area contributed by atoms with Crippen LogP contribution in [0.4, 0.5) is 0 Å². The molecule has 0 atom stereocenters. The van der Waals surface area contributed by atoms with Crippen LogP contribution in [-0.4, -0.2) is 42.1 Å². The van der Waals surface area contributed by atoms with Crippen LogP contribution < -0.4 is 4.74 Å². The number of hydrogen-bond acceptors (Lipinski definition) is 5. The Morgan fingerprint density at radius 2 is 1.88 bits per heavy atom. The van der Waals surface area contributed by atoms with Crippen molar-refractivity contribution in [2.75, 3.05) is 7.11 Å². The smallest absolute Gasteiger partial charge is 0.118 e. The molecule has 3 aromatic carbocycles. The lowest BCUT2D eigenvalue weighted by Gasteiger charge is -2.09. The third kappa shape index (κ3) is 3.09. The first-order valence-electron chi connectivity index (χ1n) is 10.2. The molecule has 1 N–H and O–H groups in total. The average Bonchev–Trinajstić information content (AvgIpc) is 3.58. The second kappa shape index (κ2) is 7.35. The van der Waals surface area contributed by atoms with E-state index in [1.165, 1.54) is 0 Å². The largest absolute Gasteiger partial charge is 0.497 e. The van der Waals surface area contributed by atoms with Gasteiger partial charge in [-0.2, -0.15) is 10.2 Å². The molecule has 0 fully saturated rings. The summed E-state index contributed by atoms with van der Waals surface area (Å²) in [6.07, 6.45) is 3.63. The summed E-state index contributed by atoms with van der Waals surface area (Å²) in [6.45, 7) is 0.665. The molecule has 8 heteroatoms. The van der Waals surface area contributed by atoms with Crippen LogP contribution in [0.25, 0.3) is 38.9 Å². The Hall–Kier alpha value is -4.46. The summed E-state index contributed by atoms with van der Waals surface area (Å²) in [5.41, 5.74) is 6.87. The minimum absolute atomic E-state index is 0.665. The standard InChI is InChI=1S/C24H19N7O/c1-32-20-7-2-16(3-8-20)15-30-23(10-11-26-30)17-5-9-21-24(12-17)31(29-28-21)19-6-4-18-14-25-27-22(18)13-19/h2-14H,15H2,1H3,(H,25,27). The first-order valence-corrected chi connectivity index (χ1v) is 10.2. The van der Waals surface area contributed by atoms with Crippen LogP contribution >= 0.6 is 0 Å². The van der Waals surface area contributed by atoms with Crippen molar-refractivity contribution in [3.63, 3.8) is 0 Å². The molecule has 0 aliphatic heterocycles. The Morgan fingerprint density at radius 1 is 0.969 bits per heavy atom. The van der Waals surface area contributed by atoms with Gasteiger partial charge in [-0.1, -0.05) is 23.4 Å². The van der Waals surface area contributed by atoms with Crippen molar-refractivity contribution in [1.82, 2.24) is 35.0 Å². The molecule has 0 radical (unpaired) electrons. The summed E-state index contributed by atoms with van der Waals surface area (Å²) >= 11 is 0. The van der Waals surface area contributed by atoms with Gasteiger partial charge in [0.2, 0.25) is 0 Å². The number of H-pyrrole nitrogens is 1. The molecular formula is C24H19N7O. The molecular weight excluding hydrogens is 402 g/mol. The minimum atomic E-state index is 0.665. The lowest BCUT2D eigenvalue weighted by atomic mass is 10.1. The Labute approximate surface area is 183 Å². The highest BCUT2D eigenvalue weighted by Gasteiger charge is 2.12. The van der Waals surface area contributed by atoms with Gasteiger partial charge in [-0.3, -0.25) is 9.78 Å². The number of aromatic nitrogens is 7. The normalized spacial score (nSPS) is 11.4. The first-order chi connectivity index (χ1) is 15.8. The number of nitrogens with one attached hydrogen (secondary N) is 1. The van der Waals surface area contributed by atoms with E-state index in [-0.39, 0.29) is 0 Å². The molecule has 0 saturated carbocycles. The fraction of sp³-hybridized carbons (Fsp3) is 0.0833. The van der Waals surface area contributed by atoms with Crippen LogP contribution in [0.2, 0.25) is 0 Å². The Bertz CT molecular complexity index is 1540. The molecule has 3 aromatic heterocycles. The SMILES string of the molecule is COc1ccc(Cn2nccc2-c2ccc3nnn(-c4ccc5cn[nH]c5c4)c3c2)cc1. The van der Waals surface area contributed by atoms with Gasteiger partial charge >= 0.3 is 0 Å². The molecule has 8 nitrogen and oxygen atoms in total. The summed E-state index contributed by atoms with van der Waals surface area (Å²) in [5.74, 6) is 0.842. The Balaban J connectivity index is 1.39. The molecule has 0 saturated heterocycles. The van der Waals surface area contributed by atoms with Crippen molar-refractivity contribution >= 4 is 21.9 Å².